The SMILES string of the molecule is CN(Cc1ccccc1O)CC(O)c1cc(F)ccc1F. The molecular formula is C16H17F2NO2. The first-order valence-electron chi connectivity index (χ1n) is 6.56. The number of phenolic OH excluding ortho intramolecular Hbond substituents is 1. The molecule has 0 aromatic heterocycles. The van der Waals surface area contributed by atoms with E-state index in [2.05, 4.69) is 0 Å². The van der Waals surface area contributed by atoms with E-state index in [1.807, 2.05) is 0 Å². The smallest absolute Gasteiger partial charge is 0.129 e. The Morgan fingerprint density at radius 1 is 1.14 bits per heavy atom. The summed E-state index contributed by atoms with van der Waals surface area (Å²) in [6, 6.07) is 9.86. The molecule has 2 aromatic rings. The van der Waals surface area contributed by atoms with E-state index in [0.717, 1.165) is 18.2 Å². The van der Waals surface area contributed by atoms with E-state index in [1.165, 1.54) is 0 Å². The highest BCUT2D eigenvalue weighted by molar-refractivity contribution is 5.31. The molecular weight excluding hydrogens is 276 g/mol. The summed E-state index contributed by atoms with van der Waals surface area (Å²) in [5.41, 5.74) is 0.631. The van der Waals surface area contributed by atoms with Crippen LogP contribution in [0.4, 0.5) is 8.78 Å². The van der Waals surface area contributed by atoms with Crippen LogP contribution in [-0.4, -0.2) is 28.7 Å². The fraction of sp³-hybridized carbons (Fsp3) is 0.250. The van der Waals surface area contributed by atoms with Crippen molar-refractivity contribution in [2.45, 2.75) is 12.6 Å². The van der Waals surface area contributed by atoms with Gasteiger partial charge >= 0.3 is 0 Å². The van der Waals surface area contributed by atoms with Crippen molar-refractivity contribution < 1.29 is 19.0 Å². The summed E-state index contributed by atoms with van der Waals surface area (Å²) in [6.07, 6.45) is -1.14. The lowest BCUT2D eigenvalue weighted by molar-refractivity contribution is 0.119. The molecule has 0 saturated carbocycles. The van der Waals surface area contributed by atoms with E-state index in [4.69, 9.17) is 0 Å². The molecule has 5 heteroatoms. The van der Waals surface area contributed by atoms with E-state index >= 15 is 0 Å². The lowest BCUT2D eigenvalue weighted by atomic mass is 10.1. The van der Waals surface area contributed by atoms with Crippen molar-refractivity contribution in [2.75, 3.05) is 13.6 Å². The number of benzene rings is 2. The van der Waals surface area contributed by atoms with Gasteiger partial charge in [-0.3, -0.25) is 4.90 Å². The highest BCUT2D eigenvalue weighted by Crippen LogP contribution is 2.21. The molecule has 0 heterocycles. The van der Waals surface area contributed by atoms with Crippen LogP contribution >= 0.6 is 0 Å². The van der Waals surface area contributed by atoms with Gasteiger partial charge in [0.05, 0.1) is 6.10 Å². The second-order valence-corrected chi connectivity index (χ2v) is 5.01. The third-order valence-electron chi connectivity index (χ3n) is 3.23. The maximum absolute atomic E-state index is 13.6. The highest BCUT2D eigenvalue weighted by Gasteiger charge is 2.16. The summed E-state index contributed by atoms with van der Waals surface area (Å²) in [6.45, 7) is 0.509. The first-order valence-corrected chi connectivity index (χ1v) is 6.56. The summed E-state index contributed by atoms with van der Waals surface area (Å²) < 4.78 is 26.7. The van der Waals surface area contributed by atoms with E-state index < -0.39 is 17.7 Å². The van der Waals surface area contributed by atoms with Gasteiger partial charge in [0.1, 0.15) is 17.4 Å². The number of aliphatic hydroxyl groups is 1. The standard InChI is InChI=1S/C16H17F2NO2/c1-19(9-11-4-2-3-5-15(11)20)10-16(21)13-8-12(17)6-7-14(13)18/h2-8,16,20-21H,9-10H2,1H3. The molecule has 1 unspecified atom stereocenters. The van der Waals surface area contributed by atoms with Gasteiger partial charge in [0.25, 0.3) is 0 Å². The van der Waals surface area contributed by atoms with Crippen molar-refractivity contribution in [3.8, 4) is 5.75 Å². The van der Waals surface area contributed by atoms with E-state index in [0.29, 0.717) is 12.1 Å². The zero-order valence-corrected chi connectivity index (χ0v) is 11.6. The van der Waals surface area contributed by atoms with E-state index in [1.54, 1.807) is 36.2 Å². The zero-order valence-electron chi connectivity index (χ0n) is 11.6. The fourth-order valence-electron chi connectivity index (χ4n) is 2.16. The molecule has 0 aliphatic heterocycles. The normalized spacial score (nSPS) is 12.6. The lowest BCUT2D eigenvalue weighted by Gasteiger charge is -2.21. The predicted molar refractivity (Wildman–Crippen MR) is 75.8 cm³/mol. The summed E-state index contributed by atoms with van der Waals surface area (Å²) in [4.78, 5) is 1.73. The molecule has 0 bridgehead atoms. The van der Waals surface area contributed by atoms with Crippen molar-refractivity contribution in [3.05, 3.63) is 65.2 Å². The van der Waals surface area contributed by atoms with Crippen LogP contribution in [0.25, 0.3) is 0 Å². The monoisotopic (exact) mass is 293 g/mol. The van der Waals surface area contributed by atoms with Crippen LogP contribution in [0.2, 0.25) is 0 Å². The molecule has 0 aliphatic rings. The van der Waals surface area contributed by atoms with Crippen molar-refractivity contribution in [1.29, 1.82) is 0 Å². The quantitative estimate of drug-likeness (QED) is 0.891. The van der Waals surface area contributed by atoms with Gasteiger partial charge in [0.2, 0.25) is 0 Å². The number of hydrogen-bond acceptors (Lipinski definition) is 3. The molecule has 0 saturated heterocycles. The number of aliphatic hydroxyl groups excluding tert-OH is 1. The summed E-state index contributed by atoms with van der Waals surface area (Å²) >= 11 is 0. The number of halogens is 2. The van der Waals surface area contributed by atoms with Crippen LogP contribution in [-0.2, 0) is 6.54 Å². The molecule has 2 rings (SSSR count). The van der Waals surface area contributed by atoms with Crippen LogP contribution in [0.5, 0.6) is 5.75 Å². The van der Waals surface area contributed by atoms with Gasteiger partial charge in [-0.15, -0.1) is 0 Å². The van der Waals surface area contributed by atoms with Crippen molar-refractivity contribution in [1.82, 2.24) is 4.90 Å². The maximum atomic E-state index is 13.6. The molecule has 0 spiro atoms. The van der Waals surface area contributed by atoms with E-state index in [9.17, 15) is 19.0 Å². The Bertz CT molecular complexity index is 619. The second-order valence-electron chi connectivity index (χ2n) is 5.01. The lowest BCUT2D eigenvalue weighted by Crippen LogP contribution is -2.24. The van der Waals surface area contributed by atoms with Gasteiger partial charge in [0.15, 0.2) is 0 Å². The number of aromatic hydroxyl groups is 1. The zero-order chi connectivity index (χ0) is 15.4. The average Bonchev–Trinajstić information content (AvgIpc) is 2.44. The third kappa shape index (κ3) is 4.00. The van der Waals surface area contributed by atoms with Crippen molar-refractivity contribution >= 4 is 0 Å². The van der Waals surface area contributed by atoms with E-state index in [-0.39, 0.29) is 17.9 Å². The third-order valence-corrected chi connectivity index (χ3v) is 3.23. The molecule has 3 nitrogen and oxygen atoms in total. The van der Waals surface area contributed by atoms with Gasteiger partial charge in [-0.2, -0.15) is 0 Å². The van der Waals surface area contributed by atoms with Crippen LogP contribution in [0.3, 0.4) is 0 Å². The summed E-state index contributed by atoms with van der Waals surface area (Å²) in [7, 11) is 1.73. The molecule has 0 amide bonds. The average molecular weight is 293 g/mol. The molecule has 112 valence electrons. The fourth-order valence-corrected chi connectivity index (χ4v) is 2.16. The largest absolute Gasteiger partial charge is 0.508 e. The van der Waals surface area contributed by atoms with Crippen molar-refractivity contribution in [2.24, 2.45) is 0 Å². The number of nitrogens with zero attached hydrogens (tertiary/aromatic N) is 1. The number of rotatable bonds is 5. The van der Waals surface area contributed by atoms with Gasteiger partial charge in [-0.1, -0.05) is 18.2 Å². The number of phenols is 1. The minimum atomic E-state index is -1.14. The van der Waals surface area contributed by atoms with Crippen LogP contribution in [0.15, 0.2) is 42.5 Å². The van der Waals surface area contributed by atoms with Crippen molar-refractivity contribution in [3.63, 3.8) is 0 Å². The summed E-state index contributed by atoms with van der Waals surface area (Å²) in [5, 5.41) is 19.7. The number of likely N-dealkylation sites (N-methyl/N-ethyl adjacent to an activating group) is 1. The minimum absolute atomic E-state index is 0.0702. The maximum Gasteiger partial charge on any atom is 0.129 e. The predicted octanol–water partition coefficient (Wildman–Crippen LogP) is 2.84. The Morgan fingerprint density at radius 2 is 1.86 bits per heavy atom. The Kier molecular flexibility index (Phi) is 4.88. The summed E-state index contributed by atoms with van der Waals surface area (Å²) in [5.74, 6) is -1.07. The molecule has 2 aromatic carbocycles. The first-order chi connectivity index (χ1) is 9.97. The van der Waals surface area contributed by atoms with Crippen LogP contribution < -0.4 is 0 Å². The Morgan fingerprint density at radius 3 is 2.57 bits per heavy atom. The molecule has 0 fully saturated rings. The first kappa shape index (κ1) is 15.4. The molecule has 1 atom stereocenters. The number of hydrogen-bond donors (Lipinski definition) is 2. The topological polar surface area (TPSA) is 43.7 Å². The second kappa shape index (κ2) is 6.65. The molecule has 21 heavy (non-hydrogen) atoms. The van der Waals surface area contributed by atoms with Gasteiger partial charge in [-0.05, 0) is 31.3 Å². The highest BCUT2D eigenvalue weighted by atomic mass is 19.1. The minimum Gasteiger partial charge on any atom is -0.508 e. The Labute approximate surface area is 122 Å². The number of para-hydroxylation sites is 1. The molecule has 2 N–H and O–H groups in total. The van der Waals surface area contributed by atoms with Crippen LogP contribution in [0.1, 0.15) is 17.2 Å². The van der Waals surface area contributed by atoms with Crippen LogP contribution in [0, 0.1) is 11.6 Å². The Hall–Kier alpha value is -1.98. The molecule has 0 aliphatic carbocycles. The Balaban J connectivity index is 2.04. The van der Waals surface area contributed by atoms with Gasteiger partial charge < -0.3 is 10.2 Å². The van der Waals surface area contributed by atoms with Gasteiger partial charge in [0, 0.05) is 24.2 Å². The van der Waals surface area contributed by atoms with Gasteiger partial charge in [-0.25, -0.2) is 8.78 Å². The molecule has 0 radical (unpaired) electrons.